The van der Waals surface area contributed by atoms with Crippen molar-refractivity contribution in [2.75, 3.05) is 5.75 Å². The summed E-state index contributed by atoms with van der Waals surface area (Å²) in [5.41, 5.74) is 1.01. The van der Waals surface area contributed by atoms with Crippen LogP contribution < -0.4 is 5.32 Å². The third kappa shape index (κ3) is 3.59. The topological polar surface area (TPSA) is 66.4 Å². The van der Waals surface area contributed by atoms with Crippen LogP contribution in [0.1, 0.15) is 38.2 Å². The lowest BCUT2D eigenvalue weighted by molar-refractivity contribution is -0.143. The number of thioether (sulfide) groups is 1. The van der Waals surface area contributed by atoms with Crippen molar-refractivity contribution in [2.45, 2.75) is 43.5 Å². The summed E-state index contributed by atoms with van der Waals surface area (Å²) in [4.78, 5) is 25.0. The highest BCUT2D eigenvalue weighted by Crippen LogP contribution is 2.37. The second-order valence-electron chi connectivity index (χ2n) is 5.44. The molecule has 1 unspecified atom stereocenters. The van der Waals surface area contributed by atoms with Gasteiger partial charge in [0.2, 0.25) is 5.91 Å². The highest BCUT2D eigenvalue weighted by atomic mass is 32.2. The molecule has 1 aliphatic rings. The van der Waals surface area contributed by atoms with E-state index in [1.54, 1.807) is 11.8 Å². The molecule has 0 bridgehead atoms. The summed E-state index contributed by atoms with van der Waals surface area (Å²) < 4.78 is 0. The van der Waals surface area contributed by atoms with Gasteiger partial charge in [-0.05, 0) is 29.7 Å². The lowest BCUT2D eigenvalue weighted by atomic mass is 9.93. The van der Waals surface area contributed by atoms with Crippen LogP contribution in [-0.4, -0.2) is 28.8 Å². The number of hydrogen-bond acceptors (Lipinski definition) is 3. The second kappa shape index (κ2) is 6.98. The third-order valence-electron chi connectivity index (χ3n) is 4.05. The molecule has 0 saturated heterocycles. The number of carbonyl (C=O) groups is 2. The minimum atomic E-state index is -0.962. The predicted molar refractivity (Wildman–Crippen MR) is 83.5 cm³/mol. The van der Waals surface area contributed by atoms with Gasteiger partial charge in [-0.1, -0.05) is 38.5 Å². The summed E-state index contributed by atoms with van der Waals surface area (Å²) in [5.74, 6) is -0.574. The SMILES string of the molecule is CC[C@H](C)[C@H](NC(=O)C1CCSc2ccccc21)C(=O)O. The molecule has 0 aliphatic carbocycles. The Hall–Kier alpha value is -1.49. The van der Waals surface area contributed by atoms with E-state index in [2.05, 4.69) is 5.32 Å². The van der Waals surface area contributed by atoms with Crippen LogP contribution in [0, 0.1) is 5.92 Å². The van der Waals surface area contributed by atoms with E-state index in [4.69, 9.17) is 0 Å². The molecule has 1 aromatic carbocycles. The molecule has 1 aromatic rings. The van der Waals surface area contributed by atoms with Gasteiger partial charge in [-0.15, -0.1) is 11.8 Å². The first-order valence-electron chi connectivity index (χ1n) is 7.29. The second-order valence-corrected chi connectivity index (χ2v) is 6.57. The van der Waals surface area contributed by atoms with Gasteiger partial charge in [0.1, 0.15) is 6.04 Å². The largest absolute Gasteiger partial charge is 0.480 e. The zero-order valence-corrected chi connectivity index (χ0v) is 13.2. The maximum absolute atomic E-state index is 12.5. The van der Waals surface area contributed by atoms with Crippen LogP contribution in [0.2, 0.25) is 0 Å². The van der Waals surface area contributed by atoms with Crippen LogP contribution in [0.15, 0.2) is 29.2 Å². The number of benzene rings is 1. The summed E-state index contributed by atoms with van der Waals surface area (Å²) in [6.45, 7) is 3.78. The lowest BCUT2D eigenvalue weighted by Gasteiger charge is -2.27. The van der Waals surface area contributed by atoms with Gasteiger partial charge < -0.3 is 10.4 Å². The van der Waals surface area contributed by atoms with E-state index >= 15 is 0 Å². The quantitative estimate of drug-likeness (QED) is 0.878. The molecule has 4 nitrogen and oxygen atoms in total. The molecule has 0 fully saturated rings. The molecule has 114 valence electrons. The molecular weight excluding hydrogens is 286 g/mol. The van der Waals surface area contributed by atoms with Crippen molar-refractivity contribution in [1.82, 2.24) is 5.32 Å². The number of aliphatic carboxylic acids is 1. The first-order valence-corrected chi connectivity index (χ1v) is 8.28. The van der Waals surface area contributed by atoms with Crippen molar-refractivity contribution in [3.63, 3.8) is 0 Å². The van der Waals surface area contributed by atoms with Gasteiger partial charge in [0.25, 0.3) is 0 Å². The molecular formula is C16H21NO3S. The number of carbonyl (C=O) groups excluding carboxylic acids is 1. The Kier molecular flexibility index (Phi) is 5.28. The average Bonchev–Trinajstić information content (AvgIpc) is 2.50. The first kappa shape index (κ1) is 15.9. The molecule has 3 atom stereocenters. The van der Waals surface area contributed by atoms with Gasteiger partial charge in [0.15, 0.2) is 0 Å². The van der Waals surface area contributed by atoms with Crippen LogP contribution in [0.4, 0.5) is 0 Å². The molecule has 0 saturated carbocycles. The summed E-state index contributed by atoms with van der Waals surface area (Å²) in [6.07, 6.45) is 1.47. The first-order chi connectivity index (χ1) is 10.0. The van der Waals surface area contributed by atoms with Crippen molar-refractivity contribution >= 4 is 23.6 Å². The molecule has 1 heterocycles. The van der Waals surface area contributed by atoms with E-state index in [1.165, 1.54) is 0 Å². The fourth-order valence-corrected chi connectivity index (χ4v) is 3.68. The van der Waals surface area contributed by atoms with Crippen LogP contribution in [0.25, 0.3) is 0 Å². The standard InChI is InChI=1S/C16H21NO3S/c1-3-10(2)14(16(19)20)17-15(18)12-8-9-21-13-7-5-4-6-11(12)13/h4-7,10,12,14H,3,8-9H2,1-2H3,(H,17,18)(H,19,20)/t10-,12?,14-/m0/s1. The Bertz CT molecular complexity index is 532. The van der Waals surface area contributed by atoms with Crippen molar-refractivity contribution in [3.8, 4) is 0 Å². The molecule has 5 heteroatoms. The van der Waals surface area contributed by atoms with Gasteiger partial charge >= 0.3 is 5.97 Å². The maximum Gasteiger partial charge on any atom is 0.326 e. The van der Waals surface area contributed by atoms with Gasteiger partial charge in [-0.2, -0.15) is 0 Å². The Labute approximate surface area is 129 Å². The van der Waals surface area contributed by atoms with E-state index in [1.807, 2.05) is 38.1 Å². The van der Waals surface area contributed by atoms with E-state index in [-0.39, 0.29) is 17.7 Å². The maximum atomic E-state index is 12.5. The molecule has 2 N–H and O–H groups in total. The van der Waals surface area contributed by atoms with Crippen LogP contribution in [0.3, 0.4) is 0 Å². The van der Waals surface area contributed by atoms with Crippen molar-refractivity contribution in [1.29, 1.82) is 0 Å². The molecule has 0 radical (unpaired) electrons. The summed E-state index contributed by atoms with van der Waals surface area (Å²) in [7, 11) is 0. The molecule has 2 rings (SSSR count). The normalized spacial score (nSPS) is 20.2. The number of carboxylic acid groups (broad SMARTS) is 1. The van der Waals surface area contributed by atoms with Crippen molar-refractivity contribution < 1.29 is 14.7 Å². The monoisotopic (exact) mass is 307 g/mol. The molecule has 1 amide bonds. The van der Waals surface area contributed by atoms with E-state index in [0.717, 1.165) is 22.6 Å². The van der Waals surface area contributed by atoms with Gasteiger partial charge in [-0.3, -0.25) is 4.79 Å². The fraction of sp³-hybridized carbons (Fsp3) is 0.500. The Morgan fingerprint density at radius 2 is 2.14 bits per heavy atom. The summed E-state index contributed by atoms with van der Waals surface area (Å²) >= 11 is 1.75. The van der Waals surface area contributed by atoms with Gasteiger partial charge in [0, 0.05) is 4.90 Å². The zero-order valence-electron chi connectivity index (χ0n) is 12.3. The molecule has 1 aliphatic heterocycles. The minimum Gasteiger partial charge on any atom is -0.480 e. The Balaban J connectivity index is 2.15. The third-order valence-corrected chi connectivity index (χ3v) is 5.17. The molecule has 0 aromatic heterocycles. The average molecular weight is 307 g/mol. The fourth-order valence-electron chi connectivity index (χ4n) is 2.55. The van der Waals surface area contributed by atoms with Gasteiger partial charge in [0.05, 0.1) is 5.92 Å². The Morgan fingerprint density at radius 3 is 2.81 bits per heavy atom. The highest BCUT2D eigenvalue weighted by Gasteiger charge is 2.31. The van der Waals surface area contributed by atoms with Crippen LogP contribution in [0.5, 0.6) is 0 Å². The number of hydrogen-bond donors (Lipinski definition) is 2. The highest BCUT2D eigenvalue weighted by molar-refractivity contribution is 7.99. The van der Waals surface area contributed by atoms with Crippen LogP contribution >= 0.6 is 11.8 Å². The number of fused-ring (bicyclic) bond motifs is 1. The van der Waals surface area contributed by atoms with Crippen molar-refractivity contribution in [2.24, 2.45) is 5.92 Å². The van der Waals surface area contributed by atoms with E-state index in [0.29, 0.717) is 6.42 Å². The van der Waals surface area contributed by atoms with E-state index < -0.39 is 12.0 Å². The van der Waals surface area contributed by atoms with Gasteiger partial charge in [-0.25, -0.2) is 4.79 Å². The molecule has 0 spiro atoms. The minimum absolute atomic E-state index is 0.0836. The lowest BCUT2D eigenvalue weighted by Crippen LogP contribution is -2.47. The molecule has 21 heavy (non-hydrogen) atoms. The number of carboxylic acids is 1. The summed E-state index contributed by atoms with van der Waals surface area (Å²) in [6, 6.07) is 7.05. The smallest absolute Gasteiger partial charge is 0.326 e. The van der Waals surface area contributed by atoms with E-state index in [9.17, 15) is 14.7 Å². The van der Waals surface area contributed by atoms with Crippen LogP contribution in [-0.2, 0) is 9.59 Å². The zero-order chi connectivity index (χ0) is 15.4. The summed E-state index contributed by atoms with van der Waals surface area (Å²) in [5, 5.41) is 12.0. The predicted octanol–water partition coefficient (Wildman–Crippen LogP) is 2.88. The number of amides is 1. The Morgan fingerprint density at radius 1 is 1.43 bits per heavy atom. The number of rotatable bonds is 5. The number of nitrogens with one attached hydrogen (secondary N) is 1. The van der Waals surface area contributed by atoms with Crippen molar-refractivity contribution in [3.05, 3.63) is 29.8 Å².